The normalized spacial score (nSPS) is 25.9. The highest BCUT2D eigenvalue weighted by molar-refractivity contribution is 5.83. The van der Waals surface area contributed by atoms with Crippen LogP contribution >= 0.6 is 0 Å². The van der Waals surface area contributed by atoms with E-state index < -0.39 is 0 Å². The van der Waals surface area contributed by atoms with Crippen LogP contribution in [-0.4, -0.2) is 41.8 Å². The Morgan fingerprint density at radius 1 is 1.18 bits per heavy atom. The van der Waals surface area contributed by atoms with Gasteiger partial charge in [0.2, 0.25) is 6.79 Å². The third kappa shape index (κ3) is 3.90. The second kappa shape index (κ2) is 8.91. The van der Waals surface area contributed by atoms with Gasteiger partial charge in [0.1, 0.15) is 6.10 Å². The largest absolute Gasteiger partial charge is 0.456 e. The molecule has 0 N–H and O–H groups in total. The number of pyridine rings is 1. The summed E-state index contributed by atoms with van der Waals surface area (Å²) in [4.78, 5) is 20.4. The number of aromatic nitrogens is 1. The SMILES string of the molecule is CCC1CN2CCC1CC2C(OC(=O)Cc1ccc2c(c1)OCO2)c1ccnc2ccccc12. The van der Waals surface area contributed by atoms with Gasteiger partial charge in [0.15, 0.2) is 11.5 Å². The van der Waals surface area contributed by atoms with Gasteiger partial charge in [-0.25, -0.2) is 0 Å². The first kappa shape index (κ1) is 21.4. The van der Waals surface area contributed by atoms with E-state index in [4.69, 9.17) is 14.2 Å². The Morgan fingerprint density at radius 3 is 2.91 bits per heavy atom. The summed E-state index contributed by atoms with van der Waals surface area (Å²) in [6, 6.07) is 16.0. The second-order valence-electron chi connectivity index (χ2n) is 9.71. The van der Waals surface area contributed by atoms with E-state index >= 15 is 0 Å². The Kier molecular flexibility index (Phi) is 5.61. The van der Waals surface area contributed by atoms with Gasteiger partial charge in [0, 0.05) is 23.7 Å². The lowest BCUT2D eigenvalue weighted by atomic mass is 9.72. The molecule has 6 heteroatoms. The fourth-order valence-corrected chi connectivity index (χ4v) is 6.07. The Hall–Kier alpha value is -3.12. The third-order valence-electron chi connectivity index (χ3n) is 7.84. The summed E-state index contributed by atoms with van der Waals surface area (Å²) >= 11 is 0. The van der Waals surface area contributed by atoms with Crippen molar-refractivity contribution in [3.8, 4) is 11.5 Å². The van der Waals surface area contributed by atoms with Crippen molar-refractivity contribution in [1.82, 2.24) is 9.88 Å². The number of carbonyl (C=O) groups excluding carboxylic acids is 1. The maximum atomic E-state index is 13.3. The number of fused-ring (bicyclic) bond motifs is 5. The molecule has 3 aromatic rings. The van der Waals surface area contributed by atoms with E-state index in [-0.39, 0.29) is 31.3 Å². The molecule has 7 rings (SSSR count). The number of ether oxygens (including phenoxy) is 3. The van der Waals surface area contributed by atoms with Crippen LogP contribution in [0.25, 0.3) is 10.9 Å². The number of nitrogens with zero attached hydrogens (tertiary/aromatic N) is 2. The van der Waals surface area contributed by atoms with E-state index in [0.29, 0.717) is 11.7 Å². The summed E-state index contributed by atoms with van der Waals surface area (Å²) in [5.41, 5.74) is 2.85. The van der Waals surface area contributed by atoms with Gasteiger partial charge >= 0.3 is 5.97 Å². The van der Waals surface area contributed by atoms with Crippen LogP contribution in [0.15, 0.2) is 54.7 Å². The first-order valence-electron chi connectivity index (χ1n) is 12.4. The van der Waals surface area contributed by atoms with E-state index in [2.05, 4.69) is 22.9 Å². The van der Waals surface area contributed by atoms with Gasteiger partial charge in [-0.15, -0.1) is 0 Å². The molecule has 4 aliphatic rings. The maximum absolute atomic E-state index is 13.3. The van der Waals surface area contributed by atoms with Crippen LogP contribution < -0.4 is 9.47 Å². The van der Waals surface area contributed by atoms with Crippen LogP contribution in [-0.2, 0) is 16.0 Å². The lowest BCUT2D eigenvalue weighted by molar-refractivity contribution is -0.157. The van der Waals surface area contributed by atoms with E-state index in [1.54, 1.807) is 0 Å². The number of piperidine rings is 3. The van der Waals surface area contributed by atoms with Gasteiger partial charge in [-0.05, 0) is 61.1 Å². The highest BCUT2D eigenvalue weighted by atomic mass is 16.7. The number of benzene rings is 2. The molecule has 0 amide bonds. The zero-order valence-corrected chi connectivity index (χ0v) is 19.5. The number of esters is 1. The minimum absolute atomic E-state index is 0.188. The molecule has 0 aliphatic carbocycles. The Morgan fingerprint density at radius 2 is 2.06 bits per heavy atom. The molecule has 3 fully saturated rings. The van der Waals surface area contributed by atoms with Gasteiger partial charge in [0.25, 0.3) is 0 Å². The number of hydrogen-bond donors (Lipinski definition) is 0. The molecule has 0 saturated carbocycles. The maximum Gasteiger partial charge on any atom is 0.310 e. The van der Waals surface area contributed by atoms with E-state index in [0.717, 1.165) is 53.2 Å². The summed E-state index contributed by atoms with van der Waals surface area (Å²) in [6.07, 6.45) is 5.22. The molecule has 0 radical (unpaired) electrons. The predicted molar refractivity (Wildman–Crippen MR) is 129 cm³/mol. The van der Waals surface area contributed by atoms with Crippen LogP contribution in [0, 0.1) is 11.8 Å². The average Bonchev–Trinajstić information content (AvgIpc) is 3.35. The third-order valence-corrected chi connectivity index (χ3v) is 7.84. The molecule has 2 aromatic carbocycles. The summed E-state index contributed by atoms with van der Waals surface area (Å²) in [6.45, 7) is 4.68. The van der Waals surface area contributed by atoms with Crippen molar-refractivity contribution in [3.63, 3.8) is 0 Å². The second-order valence-corrected chi connectivity index (χ2v) is 9.71. The minimum Gasteiger partial charge on any atom is -0.456 e. The monoisotopic (exact) mass is 458 g/mol. The van der Waals surface area contributed by atoms with Crippen molar-refractivity contribution in [2.45, 2.75) is 44.8 Å². The minimum atomic E-state index is -0.324. The smallest absolute Gasteiger partial charge is 0.310 e. The van der Waals surface area contributed by atoms with Crippen molar-refractivity contribution in [3.05, 3.63) is 65.9 Å². The molecule has 5 heterocycles. The average molecular weight is 459 g/mol. The molecule has 2 bridgehead atoms. The van der Waals surface area contributed by atoms with E-state index in [1.807, 2.05) is 48.7 Å². The molecule has 176 valence electrons. The molecule has 4 aliphatic heterocycles. The standard InChI is InChI=1S/C28H30N2O4/c1-2-19-16-30-12-10-20(19)15-24(30)28(22-9-11-29-23-6-4-3-5-21(22)23)34-27(31)14-18-7-8-25-26(13-18)33-17-32-25/h3-9,11,13,19-20,24,28H,2,10,12,14-17H2,1H3. The highest BCUT2D eigenvalue weighted by Crippen LogP contribution is 2.44. The number of carbonyl (C=O) groups is 1. The molecule has 0 spiro atoms. The summed E-state index contributed by atoms with van der Waals surface area (Å²) < 4.78 is 17.2. The quantitative estimate of drug-likeness (QED) is 0.489. The van der Waals surface area contributed by atoms with Crippen molar-refractivity contribution in [2.75, 3.05) is 19.9 Å². The van der Waals surface area contributed by atoms with Crippen LogP contribution in [0.3, 0.4) is 0 Å². The lowest BCUT2D eigenvalue weighted by Gasteiger charge is -2.51. The van der Waals surface area contributed by atoms with Gasteiger partial charge in [0.05, 0.1) is 18.0 Å². The Labute approximate surface area is 199 Å². The number of hydrogen-bond acceptors (Lipinski definition) is 6. The van der Waals surface area contributed by atoms with E-state index in [9.17, 15) is 4.79 Å². The molecule has 1 aromatic heterocycles. The number of rotatable bonds is 6. The Balaban J connectivity index is 1.30. The Bertz CT molecular complexity index is 1210. The van der Waals surface area contributed by atoms with Gasteiger partial charge < -0.3 is 14.2 Å². The van der Waals surface area contributed by atoms with Crippen LogP contribution in [0.2, 0.25) is 0 Å². The topological polar surface area (TPSA) is 60.9 Å². The predicted octanol–water partition coefficient (Wildman–Crippen LogP) is 4.91. The van der Waals surface area contributed by atoms with Crippen molar-refractivity contribution in [1.29, 1.82) is 0 Å². The van der Waals surface area contributed by atoms with Crippen molar-refractivity contribution < 1.29 is 19.0 Å². The van der Waals surface area contributed by atoms with Crippen LogP contribution in [0.5, 0.6) is 11.5 Å². The fourth-order valence-electron chi connectivity index (χ4n) is 6.07. The van der Waals surface area contributed by atoms with Crippen LogP contribution in [0.4, 0.5) is 0 Å². The van der Waals surface area contributed by atoms with Crippen LogP contribution in [0.1, 0.15) is 43.4 Å². The molecular weight excluding hydrogens is 428 g/mol. The van der Waals surface area contributed by atoms with Crippen molar-refractivity contribution >= 4 is 16.9 Å². The molecule has 6 nitrogen and oxygen atoms in total. The van der Waals surface area contributed by atoms with Gasteiger partial charge in [-0.1, -0.05) is 37.6 Å². The molecule has 34 heavy (non-hydrogen) atoms. The first-order chi connectivity index (χ1) is 16.7. The highest BCUT2D eigenvalue weighted by Gasteiger charge is 2.44. The zero-order chi connectivity index (χ0) is 23.1. The lowest BCUT2D eigenvalue weighted by Crippen LogP contribution is -2.55. The molecule has 3 saturated heterocycles. The van der Waals surface area contributed by atoms with Gasteiger partial charge in [-0.2, -0.15) is 0 Å². The van der Waals surface area contributed by atoms with E-state index in [1.165, 1.54) is 12.8 Å². The molecule has 5 unspecified atom stereocenters. The van der Waals surface area contributed by atoms with Crippen molar-refractivity contribution in [2.24, 2.45) is 11.8 Å². The summed E-state index contributed by atoms with van der Waals surface area (Å²) in [7, 11) is 0. The van der Waals surface area contributed by atoms with Gasteiger partial charge in [-0.3, -0.25) is 14.7 Å². The summed E-state index contributed by atoms with van der Waals surface area (Å²) in [5.74, 6) is 2.62. The molecule has 5 atom stereocenters. The number of para-hydroxylation sites is 1. The zero-order valence-electron chi connectivity index (χ0n) is 19.5. The fraction of sp³-hybridized carbons (Fsp3) is 0.429. The summed E-state index contributed by atoms with van der Waals surface area (Å²) in [5, 5.41) is 1.06. The molecular formula is C28H30N2O4. The first-order valence-corrected chi connectivity index (χ1v) is 12.4.